The SMILES string of the molecule is C1CC1.C=C(C)CN1CCC(c2cccc(OCc3ccc(C#N)cc3F)n2)CC1.CC(=O)c1ccc(C)c(C)c1.CCC1CCO1. The number of carbonyl (C=O) groups is 1. The van der Waals surface area contributed by atoms with Crippen LogP contribution in [0.3, 0.4) is 0 Å². The molecule has 1 atom stereocenters. The molecular formula is C40H52FN3O3. The number of aromatic nitrogens is 1. The van der Waals surface area contributed by atoms with Gasteiger partial charge in [-0.2, -0.15) is 5.26 Å². The molecule has 6 rings (SSSR count). The third-order valence-corrected chi connectivity index (χ3v) is 8.32. The number of hydrogen-bond donors (Lipinski definition) is 0. The summed E-state index contributed by atoms with van der Waals surface area (Å²) in [5.41, 5.74) is 6.14. The number of Topliss-reactive ketones (excluding diaryl/α,β-unsaturated/α-hetero) is 1. The molecule has 7 heteroatoms. The molecule has 0 spiro atoms. The number of ether oxygens (including phenoxy) is 2. The van der Waals surface area contributed by atoms with Gasteiger partial charge < -0.3 is 9.47 Å². The topological polar surface area (TPSA) is 75.5 Å². The van der Waals surface area contributed by atoms with E-state index in [0.717, 1.165) is 50.3 Å². The van der Waals surface area contributed by atoms with Crippen LogP contribution in [-0.2, 0) is 11.3 Å². The van der Waals surface area contributed by atoms with Crippen molar-refractivity contribution in [3.05, 3.63) is 106 Å². The number of benzene rings is 2. The number of nitriles is 1. The molecule has 1 aromatic heterocycles. The maximum Gasteiger partial charge on any atom is 0.213 e. The van der Waals surface area contributed by atoms with Crippen molar-refractivity contribution in [1.29, 1.82) is 5.26 Å². The van der Waals surface area contributed by atoms with E-state index in [2.05, 4.69) is 30.3 Å². The minimum Gasteiger partial charge on any atom is -0.473 e. The maximum atomic E-state index is 14.0. The lowest BCUT2D eigenvalue weighted by atomic mass is 9.93. The third kappa shape index (κ3) is 13.8. The maximum absolute atomic E-state index is 14.0. The van der Waals surface area contributed by atoms with E-state index in [-0.39, 0.29) is 12.4 Å². The van der Waals surface area contributed by atoms with Crippen molar-refractivity contribution >= 4 is 5.78 Å². The number of carbonyl (C=O) groups excluding carboxylic acids is 1. The molecule has 0 bridgehead atoms. The van der Waals surface area contributed by atoms with Crippen molar-refractivity contribution in [2.45, 2.75) is 98.2 Å². The summed E-state index contributed by atoms with van der Waals surface area (Å²) in [5, 5.41) is 8.81. The summed E-state index contributed by atoms with van der Waals surface area (Å²) in [6, 6.07) is 17.9. The minimum atomic E-state index is -0.435. The monoisotopic (exact) mass is 641 g/mol. The van der Waals surface area contributed by atoms with Gasteiger partial charge in [-0.25, -0.2) is 9.37 Å². The molecule has 6 nitrogen and oxygen atoms in total. The molecule has 0 radical (unpaired) electrons. The Morgan fingerprint density at radius 3 is 2.23 bits per heavy atom. The van der Waals surface area contributed by atoms with Gasteiger partial charge in [0, 0.05) is 42.0 Å². The summed E-state index contributed by atoms with van der Waals surface area (Å²) < 4.78 is 24.8. The largest absolute Gasteiger partial charge is 0.473 e. The van der Waals surface area contributed by atoms with Gasteiger partial charge >= 0.3 is 0 Å². The number of aryl methyl sites for hydroxylation is 2. The van der Waals surface area contributed by atoms with Gasteiger partial charge in [-0.15, -0.1) is 0 Å². The van der Waals surface area contributed by atoms with Gasteiger partial charge in [-0.3, -0.25) is 9.69 Å². The number of likely N-dealkylation sites (tertiary alicyclic amines) is 1. The van der Waals surface area contributed by atoms with Crippen molar-refractivity contribution in [3.63, 3.8) is 0 Å². The number of halogens is 1. The lowest BCUT2D eigenvalue weighted by Crippen LogP contribution is -2.34. The van der Waals surface area contributed by atoms with E-state index in [1.54, 1.807) is 25.1 Å². The van der Waals surface area contributed by atoms with E-state index in [1.165, 1.54) is 54.9 Å². The van der Waals surface area contributed by atoms with Gasteiger partial charge in [-0.1, -0.05) is 62.6 Å². The van der Waals surface area contributed by atoms with Crippen LogP contribution < -0.4 is 4.74 Å². The summed E-state index contributed by atoms with van der Waals surface area (Å²) in [7, 11) is 0. The Morgan fingerprint density at radius 2 is 1.74 bits per heavy atom. The predicted octanol–water partition coefficient (Wildman–Crippen LogP) is 9.29. The van der Waals surface area contributed by atoms with Gasteiger partial charge in [0.05, 0.1) is 17.7 Å². The van der Waals surface area contributed by atoms with Crippen molar-refractivity contribution in [2.24, 2.45) is 0 Å². The summed E-state index contributed by atoms with van der Waals surface area (Å²) in [6.07, 6.45) is 9.73. The van der Waals surface area contributed by atoms with Crippen LogP contribution in [0, 0.1) is 31.0 Å². The first-order chi connectivity index (χ1) is 22.6. The van der Waals surface area contributed by atoms with Crippen LogP contribution in [-0.4, -0.2) is 48.0 Å². The van der Waals surface area contributed by atoms with Gasteiger partial charge in [-0.05, 0) is 102 Å². The predicted molar refractivity (Wildman–Crippen MR) is 187 cm³/mol. The number of piperidine rings is 1. The molecule has 0 amide bonds. The number of rotatable bonds is 8. The second kappa shape index (κ2) is 19.7. The number of nitrogens with zero attached hydrogens (tertiary/aromatic N) is 3. The molecule has 3 aliphatic rings. The van der Waals surface area contributed by atoms with Crippen molar-refractivity contribution in [2.75, 3.05) is 26.2 Å². The van der Waals surface area contributed by atoms with Crippen LogP contribution in [0.25, 0.3) is 0 Å². The Bertz CT molecular complexity index is 1480. The fourth-order valence-corrected chi connectivity index (χ4v) is 4.96. The van der Waals surface area contributed by atoms with Crippen molar-refractivity contribution in [3.8, 4) is 11.9 Å². The molecule has 2 saturated heterocycles. The van der Waals surface area contributed by atoms with Crippen LogP contribution in [0.2, 0.25) is 0 Å². The number of hydrogen-bond acceptors (Lipinski definition) is 6. The van der Waals surface area contributed by atoms with Crippen LogP contribution >= 0.6 is 0 Å². The molecule has 2 aromatic carbocycles. The Morgan fingerprint density at radius 1 is 1.04 bits per heavy atom. The van der Waals surface area contributed by atoms with Crippen LogP contribution in [0.5, 0.6) is 5.88 Å². The van der Waals surface area contributed by atoms with E-state index in [4.69, 9.17) is 14.7 Å². The average Bonchev–Trinajstić information content (AvgIpc) is 3.92. The number of ketones is 1. The Balaban J connectivity index is 0.000000241. The van der Waals surface area contributed by atoms with Crippen LogP contribution in [0.15, 0.2) is 66.7 Å². The fraction of sp³-hybridized carbons (Fsp3) is 0.475. The molecule has 0 N–H and O–H groups in total. The lowest BCUT2D eigenvalue weighted by Gasteiger charge is -2.31. The normalized spacial score (nSPS) is 16.7. The molecular weight excluding hydrogens is 589 g/mol. The highest BCUT2D eigenvalue weighted by atomic mass is 19.1. The van der Waals surface area contributed by atoms with Gasteiger partial charge in [0.25, 0.3) is 0 Å². The first-order valence-electron chi connectivity index (χ1n) is 16.9. The van der Waals surface area contributed by atoms with Gasteiger partial charge in [0.2, 0.25) is 5.88 Å². The van der Waals surface area contributed by atoms with Crippen LogP contribution in [0.1, 0.15) is 110 Å². The third-order valence-electron chi connectivity index (χ3n) is 8.32. The summed E-state index contributed by atoms with van der Waals surface area (Å²) in [5.74, 6) is 0.616. The second-order valence-corrected chi connectivity index (χ2v) is 12.7. The molecule has 1 saturated carbocycles. The quantitative estimate of drug-likeness (QED) is 0.180. The van der Waals surface area contributed by atoms with Gasteiger partial charge in [0.15, 0.2) is 5.78 Å². The second-order valence-electron chi connectivity index (χ2n) is 12.7. The lowest BCUT2D eigenvalue weighted by molar-refractivity contribution is -0.0516. The molecule has 1 unspecified atom stereocenters. The van der Waals surface area contributed by atoms with E-state index in [0.29, 0.717) is 29.0 Å². The highest BCUT2D eigenvalue weighted by molar-refractivity contribution is 5.94. The fourth-order valence-electron chi connectivity index (χ4n) is 4.96. The summed E-state index contributed by atoms with van der Waals surface area (Å²) >= 11 is 0. The first kappa shape index (κ1) is 37.6. The smallest absolute Gasteiger partial charge is 0.213 e. The average molecular weight is 642 g/mol. The summed E-state index contributed by atoms with van der Waals surface area (Å²) in [6.45, 7) is 18.0. The molecule has 252 valence electrons. The Kier molecular flexibility index (Phi) is 15.8. The molecule has 3 aromatic rings. The standard InChI is InChI=1S/C22H24FN3O.C10H12O.C5H10O.C3H6/c1-16(2)14-26-10-8-18(9-11-26)21-4-3-5-22(25-21)27-15-19-7-6-17(13-24)12-20(19)23;1-7-4-5-10(9(3)11)6-8(7)2;1-2-5-3-4-6-5;1-2-3-1/h3-7,12,18H,1,8-11,14-15H2,2H3;4-6H,1-3H3;5H,2-4H2,1H3;1-3H2. The zero-order valence-corrected chi connectivity index (χ0v) is 29.0. The molecule has 2 aliphatic heterocycles. The van der Waals surface area contributed by atoms with E-state index < -0.39 is 5.82 Å². The van der Waals surface area contributed by atoms with E-state index >= 15 is 0 Å². The van der Waals surface area contributed by atoms with Crippen molar-refractivity contribution in [1.82, 2.24) is 9.88 Å². The van der Waals surface area contributed by atoms with Gasteiger partial charge in [0.1, 0.15) is 12.4 Å². The zero-order valence-electron chi connectivity index (χ0n) is 29.0. The van der Waals surface area contributed by atoms with Crippen molar-refractivity contribution < 1.29 is 18.7 Å². The highest BCUT2D eigenvalue weighted by Crippen LogP contribution is 2.28. The molecule has 1 aliphatic carbocycles. The molecule has 3 heterocycles. The first-order valence-corrected chi connectivity index (χ1v) is 16.9. The zero-order chi connectivity index (χ0) is 34.2. The molecule has 3 fully saturated rings. The number of pyridine rings is 1. The Labute approximate surface area is 281 Å². The molecule has 47 heavy (non-hydrogen) atoms. The van der Waals surface area contributed by atoms with Crippen LogP contribution in [0.4, 0.5) is 4.39 Å². The highest BCUT2D eigenvalue weighted by Gasteiger charge is 2.22. The Hall–Kier alpha value is -3.86. The van der Waals surface area contributed by atoms with E-state index in [9.17, 15) is 9.18 Å². The van der Waals surface area contributed by atoms with E-state index in [1.807, 2.05) is 50.2 Å². The minimum absolute atomic E-state index is 0.0883. The summed E-state index contributed by atoms with van der Waals surface area (Å²) in [4.78, 5) is 18.0.